The molecule has 0 amide bonds. The molecule has 0 saturated carbocycles. The highest BCUT2D eigenvalue weighted by atomic mass is 19.3. The van der Waals surface area contributed by atoms with E-state index in [1.807, 2.05) is 0 Å². The average Bonchev–Trinajstić information content (AvgIpc) is 2.86. The Balaban J connectivity index is 1.56. The molecule has 1 fully saturated rings. The van der Waals surface area contributed by atoms with Crippen molar-refractivity contribution in [3.05, 3.63) is 88.2 Å². The van der Waals surface area contributed by atoms with Crippen LogP contribution in [0, 0.1) is 46.6 Å². The minimum Gasteiger partial charge on any atom is -0.429 e. The maximum absolute atomic E-state index is 15.0. The van der Waals surface area contributed by atoms with Gasteiger partial charge < -0.3 is 9.47 Å². The van der Waals surface area contributed by atoms with E-state index in [1.54, 1.807) is 0 Å². The third kappa shape index (κ3) is 6.40. The molecule has 0 aromatic heterocycles. The zero-order chi connectivity index (χ0) is 29.2. The lowest BCUT2D eigenvalue weighted by molar-refractivity contribution is -0.189. The van der Waals surface area contributed by atoms with Gasteiger partial charge in [0.05, 0.1) is 18.3 Å². The van der Waals surface area contributed by atoms with Gasteiger partial charge in [-0.15, -0.1) is 0 Å². The van der Waals surface area contributed by atoms with Gasteiger partial charge >= 0.3 is 6.11 Å². The van der Waals surface area contributed by atoms with E-state index in [0.29, 0.717) is 18.9 Å². The fourth-order valence-corrected chi connectivity index (χ4v) is 4.82. The molecule has 1 saturated heterocycles. The maximum atomic E-state index is 15.0. The van der Waals surface area contributed by atoms with Gasteiger partial charge in [-0.05, 0) is 60.6 Å². The predicted octanol–water partition coefficient (Wildman–Crippen LogP) is 9.50. The summed E-state index contributed by atoms with van der Waals surface area (Å²) in [4.78, 5) is 0. The van der Waals surface area contributed by atoms with E-state index in [-0.39, 0.29) is 29.8 Å². The molecule has 1 aliphatic rings. The largest absolute Gasteiger partial charge is 0.432 e. The molecular formula is C29H25F9O2. The van der Waals surface area contributed by atoms with E-state index >= 15 is 8.78 Å². The summed E-state index contributed by atoms with van der Waals surface area (Å²) in [6, 6.07) is 2.62. The van der Waals surface area contributed by atoms with Crippen molar-refractivity contribution in [2.45, 2.75) is 57.7 Å². The molecule has 11 heteroatoms. The van der Waals surface area contributed by atoms with Crippen LogP contribution in [0.2, 0.25) is 0 Å². The molecule has 3 aromatic rings. The van der Waals surface area contributed by atoms with Crippen molar-refractivity contribution in [3.8, 4) is 16.9 Å². The van der Waals surface area contributed by atoms with E-state index in [0.717, 1.165) is 44.2 Å². The first-order valence-electron chi connectivity index (χ1n) is 12.7. The summed E-state index contributed by atoms with van der Waals surface area (Å²) in [6.07, 6.45) is 0.197. The van der Waals surface area contributed by atoms with Gasteiger partial charge in [-0.2, -0.15) is 8.78 Å². The van der Waals surface area contributed by atoms with Gasteiger partial charge in [0.2, 0.25) is 0 Å². The SMILES string of the molecule is CCCCCC1CCC(c2cc(F)c(-c3cc(F)c(C(F)(F)Oc4cc(F)c(F)c(F)c4)c(F)c3)c(F)c2)OC1. The van der Waals surface area contributed by atoms with Gasteiger partial charge in [-0.3, -0.25) is 0 Å². The molecule has 1 aliphatic heterocycles. The lowest BCUT2D eigenvalue weighted by Gasteiger charge is -2.29. The van der Waals surface area contributed by atoms with Crippen LogP contribution in [0.15, 0.2) is 36.4 Å². The number of hydrogen-bond acceptors (Lipinski definition) is 2. The van der Waals surface area contributed by atoms with Crippen LogP contribution in [0.3, 0.4) is 0 Å². The van der Waals surface area contributed by atoms with Crippen LogP contribution < -0.4 is 4.74 Å². The smallest absolute Gasteiger partial charge is 0.429 e. The monoisotopic (exact) mass is 576 g/mol. The fourth-order valence-electron chi connectivity index (χ4n) is 4.82. The first-order valence-corrected chi connectivity index (χ1v) is 12.7. The number of hydrogen-bond donors (Lipinski definition) is 0. The molecule has 40 heavy (non-hydrogen) atoms. The minimum atomic E-state index is -4.84. The predicted molar refractivity (Wildman–Crippen MR) is 128 cm³/mol. The van der Waals surface area contributed by atoms with Crippen molar-refractivity contribution in [2.75, 3.05) is 6.61 Å². The maximum Gasteiger partial charge on any atom is 0.432 e. The number of benzene rings is 3. The molecule has 0 aliphatic carbocycles. The highest BCUT2D eigenvalue weighted by molar-refractivity contribution is 5.66. The minimum absolute atomic E-state index is 0.0610. The Labute approximate surface area is 224 Å². The van der Waals surface area contributed by atoms with E-state index in [1.165, 1.54) is 0 Å². The van der Waals surface area contributed by atoms with Crippen LogP contribution in [0.5, 0.6) is 5.75 Å². The Kier molecular flexibility index (Phi) is 9.02. The molecule has 1 heterocycles. The van der Waals surface area contributed by atoms with E-state index in [9.17, 15) is 30.7 Å². The number of halogens is 9. The second-order valence-corrected chi connectivity index (χ2v) is 9.76. The lowest BCUT2D eigenvalue weighted by Crippen LogP contribution is -2.25. The fraction of sp³-hybridized carbons (Fsp3) is 0.379. The third-order valence-corrected chi connectivity index (χ3v) is 6.85. The summed E-state index contributed by atoms with van der Waals surface area (Å²) < 4.78 is 138. The van der Waals surface area contributed by atoms with Crippen LogP contribution in [0.1, 0.15) is 62.7 Å². The van der Waals surface area contributed by atoms with E-state index in [2.05, 4.69) is 11.7 Å². The van der Waals surface area contributed by atoms with Crippen molar-refractivity contribution >= 4 is 0 Å². The van der Waals surface area contributed by atoms with Gasteiger partial charge in [-0.25, -0.2) is 30.7 Å². The van der Waals surface area contributed by atoms with Gasteiger partial charge in [0.25, 0.3) is 0 Å². The van der Waals surface area contributed by atoms with Gasteiger partial charge in [-0.1, -0.05) is 26.2 Å². The second kappa shape index (κ2) is 12.1. The zero-order valence-electron chi connectivity index (χ0n) is 21.3. The van der Waals surface area contributed by atoms with Gasteiger partial charge in [0.15, 0.2) is 17.5 Å². The van der Waals surface area contributed by atoms with Gasteiger partial charge in [0, 0.05) is 12.1 Å². The summed E-state index contributed by atoms with van der Waals surface area (Å²) in [7, 11) is 0. The second-order valence-electron chi connectivity index (χ2n) is 9.76. The first kappa shape index (κ1) is 29.8. The van der Waals surface area contributed by atoms with E-state index in [4.69, 9.17) is 4.74 Å². The summed E-state index contributed by atoms with van der Waals surface area (Å²) in [5, 5.41) is 0. The Morgan fingerprint density at radius 2 is 1.38 bits per heavy atom. The highest BCUT2D eigenvalue weighted by Gasteiger charge is 2.42. The molecule has 0 spiro atoms. The van der Waals surface area contributed by atoms with Crippen LogP contribution in [-0.4, -0.2) is 6.61 Å². The molecule has 2 atom stereocenters. The molecule has 216 valence electrons. The molecule has 3 aromatic carbocycles. The number of unbranched alkanes of at least 4 members (excludes halogenated alkanes) is 2. The Hall–Kier alpha value is -3.21. The first-order chi connectivity index (χ1) is 18.9. The Morgan fingerprint density at radius 1 is 0.775 bits per heavy atom. The van der Waals surface area contributed by atoms with Crippen molar-refractivity contribution in [3.63, 3.8) is 0 Å². The molecule has 4 rings (SSSR count). The van der Waals surface area contributed by atoms with Crippen LogP contribution in [-0.2, 0) is 10.8 Å². The van der Waals surface area contributed by atoms with Crippen LogP contribution in [0.25, 0.3) is 11.1 Å². The molecular weight excluding hydrogens is 551 g/mol. The van der Waals surface area contributed by atoms with Crippen molar-refractivity contribution in [1.29, 1.82) is 0 Å². The van der Waals surface area contributed by atoms with E-state index < -0.39 is 75.4 Å². The molecule has 0 radical (unpaired) electrons. The average molecular weight is 576 g/mol. The van der Waals surface area contributed by atoms with Crippen molar-refractivity contribution in [1.82, 2.24) is 0 Å². The molecule has 2 unspecified atom stereocenters. The van der Waals surface area contributed by atoms with Gasteiger partial charge in [0.1, 0.15) is 34.6 Å². The summed E-state index contributed by atoms with van der Waals surface area (Å²) in [5.41, 5.74) is -3.35. The van der Waals surface area contributed by atoms with Crippen molar-refractivity contribution < 1.29 is 49.0 Å². The summed E-state index contributed by atoms with van der Waals surface area (Å²) in [6.45, 7) is 2.54. The summed E-state index contributed by atoms with van der Waals surface area (Å²) >= 11 is 0. The number of ether oxygens (including phenoxy) is 2. The molecule has 0 N–H and O–H groups in total. The molecule has 0 bridgehead atoms. The standard InChI is InChI=1S/C29H25F9O2/c1-2-3-4-5-15-6-7-25(39-14-15)16-8-19(30)26(20(31)9-16)17-10-21(32)27(22(33)11-17)29(37,38)40-18-12-23(34)28(36)24(35)13-18/h8-13,15,25H,2-7,14H2,1H3. The number of rotatable bonds is 9. The summed E-state index contributed by atoms with van der Waals surface area (Å²) in [5.74, 6) is -12.9. The van der Waals surface area contributed by atoms with Crippen molar-refractivity contribution in [2.24, 2.45) is 5.92 Å². The lowest BCUT2D eigenvalue weighted by atomic mass is 9.90. The topological polar surface area (TPSA) is 18.5 Å². The Bertz CT molecular complexity index is 1300. The zero-order valence-corrected chi connectivity index (χ0v) is 21.3. The Morgan fingerprint density at radius 3 is 1.90 bits per heavy atom. The highest BCUT2D eigenvalue weighted by Crippen LogP contribution is 2.40. The quantitative estimate of drug-likeness (QED) is 0.144. The van der Waals surface area contributed by atoms with Crippen LogP contribution >= 0.6 is 0 Å². The normalized spacial score (nSPS) is 17.8. The van der Waals surface area contributed by atoms with Crippen LogP contribution in [0.4, 0.5) is 39.5 Å². The third-order valence-electron chi connectivity index (χ3n) is 6.85. The number of alkyl halides is 2. The molecule has 2 nitrogen and oxygen atoms in total.